The Morgan fingerprint density at radius 1 is 1.12 bits per heavy atom. The lowest BCUT2D eigenvalue weighted by atomic mass is 9.85. The molecule has 2 heteroatoms. The molecule has 0 spiro atoms. The smallest absolute Gasteiger partial charge is 0.0249 e. The van der Waals surface area contributed by atoms with Gasteiger partial charge in [-0.15, -0.1) is 0 Å². The molecule has 1 aliphatic heterocycles. The molecule has 2 atom stereocenters. The molecule has 0 aromatic carbocycles. The van der Waals surface area contributed by atoms with Crippen LogP contribution in [0.2, 0.25) is 0 Å². The molecule has 100 valence electrons. The Labute approximate surface area is 107 Å². The van der Waals surface area contributed by atoms with Crippen molar-refractivity contribution in [2.24, 2.45) is 5.41 Å². The predicted octanol–water partition coefficient (Wildman–Crippen LogP) is 3.03. The van der Waals surface area contributed by atoms with Gasteiger partial charge in [0.05, 0.1) is 0 Å². The second-order valence-electron chi connectivity index (χ2n) is 6.72. The molecule has 1 heterocycles. The van der Waals surface area contributed by atoms with Gasteiger partial charge in [-0.1, -0.05) is 27.2 Å². The number of rotatable bonds is 3. The van der Waals surface area contributed by atoms with Crippen LogP contribution in [0.4, 0.5) is 0 Å². The van der Waals surface area contributed by atoms with Crippen LogP contribution in [-0.4, -0.2) is 36.6 Å². The number of likely N-dealkylation sites (tertiary alicyclic amines) is 1. The summed E-state index contributed by atoms with van der Waals surface area (Å²) in [6.07, 6.45) is 8.39. The van der Waals surface area contributed by atoms with Gasteiger partial charge in [0.1, 0.15) is 0 Å². The highest BCUT2D eigenvalue weighted by atomic mass is 15.2. The zero-order valence-corrected chi connectivity index (χ0v) is 12.0. The van der Waals surface area contributed by atoms with Crippen molar-refractivity contribution in [3.05, 3.63) is 0 Å². The molecule has 1 aliphatic carbocycles. The first-order valence-electron chi connectivity index (χ1n) is 7.60. The molecule has 1 saturated heterocycles. The first-order chi connectivity index (χ1) is 8.12. The van der Waals surface area contributed by atoms with Crippen LogP contribution in [0.15, 0.2) is 0 Å². The zero-order valence-electron chi connectivity index (χ0n) is 12.0. The lowest BCUT2D eigenvalue weighted by molar-refractivity contribution is 0.172. The van der Waals surface area contributed by atoms with E-state index >= 15 is 0 Å². The van der Waals surface area contributed by atoms with Gasteiger partial charge < -0.3 is 5.32 Å². The van der Waals surface area contributed by atoms with Crippen molar-refractivity contribution in [1.82, 2.24) is 10.2 Å². The summed E-state index contributed by atoms with van der Waals surface area (Å²) < 4.78 is 0. The second kappa shape index (κ2) is 5.71. The summed E-state index contributed by atoms with van der Waals surface area (Å²) in [4.78, 5) is 2.79. The van der Waals surface area contributed by atoms with E-state index in [-0.39, 0.29) is 0 Å². The largest absolute Gasteiger partial charge is 0.313 e. The van der Waals surface area contributed by atoms with Gasteiger partial charge in [-0.25, -0.2) is 0 Å². The van der Waals surface area contributed by atoms with Crippen molar-refractivity contribution in [2.45, 2.75) is 71.4 Å². The van der Waals surface area contributed by atoms with Crippen LogP contribution in [0.1, 0.15) is 59.3 Å². The van der Waals surface area contributed by atoms with E-state index in [1.54, 1.807) is 0 Å². The van der Waals surface area contributed by atoms with Gasteiger partial charge >= 0.3 is 0 Å². The van der Waals surface area contributed by atoms with E-state index < -0.39 is 0 Å². The Kier molecular flexibility index (Phi) is 4.48. The Bertz CT molecular complexity index is 237. The molecule has 2 unspecified atom stereocenters. The molecule has 2 rings (SSSR count). The second-order valence-corrected chi connectivity index (χ2v) is 6.72. The third-order valence-corrected chi connectivity index (χ3v) is 4.79. The Hall–Kier alpha value is -0.0800. The van der Waals surface area contributed by atoms with E-state index in [1.165, 1.54) is 51.6 Å². The van der Waals surface area contributed by atoms with E-state index in [1.807, 2.05) is 0 Å². The molecule has 0 bridgehead atoms. The molecule has 0 aromatic heterocycles. The summed E-state index contributed by atoms with van der Waals surface area (Å²) in [5.41, 5.74) is 0.570. The first kappa shape index (κ1) is 13.4. The van der Waals surface area contributed by atoms with Crippen LogP contribution in [0.3, 0.4) is 0 Å². The molecule has 0 amide bonds. The van der Waals surface area contributed by atoms with Crippen molar-refractivity contribution in [1.29, 1.82) is 0 Å². The molecule has 1 saturated carbocycles. The van der Waals surface area contributed by atoms with Gasteiger partial charge in [0.2, 0.25) is 0 Å². The van der Waals surface area contributed by atoms with Crippen molar-refractivity contribution < 1.29 is 0 Å². The molecule has 2 aliphatic rings. The van der Waals surface area contributed by atoms with E-state index in [9.17, 15) is 0 Å². The van der Waals surface area contributed by atoms with E-state index in [0.717, 1.165) is 18.6 Å². The van der Waals surface area contributed by atoms with Gasteiger partial charge in [0.15, 0.2) is 0 Å². The zero-order chi connectivity index (χ0) is 12.3. The van der Waals surface area contributed by atoms with Gasteiger partial charge in [-0.2, -0.15) is 0 Å². The van der Waals surface area contributed by atoms with E-state index in [2.05, 4.69) is 31.0 Å². The average molecular weight is 238 g/mol. The minimum absolute atomic E-state index is 0.570. The van der Waals surface area contributed by atoms with Crippen LogP contribution in [0, 0.1) is 5.41 Å². The number of nitrogens with zero attached hydrogens (tertiary/aromatic N) is 1. The highest BCUT2D eigenvalue weighted by molar-refractivity contribution is 4.91. The van der Waals surface area contributed by atoms with Crippen LogP contribution in [-0.2, 0) is 0 Å². The third kappa shape index (κ3) is 3.45. The molecular weight excluding hydrogens is 208 g/mol. The summed E-state index contributed by atoms with van der Waals surface area (Å²) >= 11 is 0. The highest BCUT2D eigenvalue weighted by Gasteiger charge is 2.33. The van der Waals surface area contributed by atoms with E-state index in [4.69, 9.17) is 0 Å². The molecular formula is C15H30N2. The maximum atomic E-state index is 3.69. The van der Waals surface area contributed by atoms with Gasteiger partial charge in [-0.05, 0) is 57.2 Å². The van der Waals surface area contributed by atoms with Crippen molar-refractivity contribution in [3.63, 3.8) is 0 Å². The maximum Gasteiger partial charge on any atom is 0.0249 e. The monoisotopic (exact) mass is 238 g/mol. The van der Waals surface area contributed by atoms with Crippen molar-refractivity contribution >= 4 is 0 Å². The minimum atomic E-state index is 0.570. The molecule has 2 nitrogen and oxygen atoms in total. The van der Waals surface area contributed by atoms with Crippen LogP contribution >= 0.6 is 0 Å². The van der Waals surface area contributed by atoms with Crippen LogP contribution in [0.25, 0.3) is 0 Å². The van der Waals surface area contributed by atoms with Gasteiger partial charge in [0, 0.05) is 12.1 Å². The van der Waals surface area contributed by atoms with Gasteiger partial charge in [0.25, 0.3) is 0 Å². The predicted molar refractivity (Wildman–Crippen MR) is 74.3 cm³/mol. The van der Waals surface area contributed by atoms with Crippen LogP contribution < -0.4 is 5.32 Å². The lowest BCUT2D eigenvalue weighted by Gasteiger charge is -2.33. The first-order valence-corrected chi connectivity index (χ1v) is 7.60. The van der Waals surface area contributed by atoms with Gasteiger partial charge in [-0.3, -0.25) is 4.90 Å². The number of hydrogen-bond acceptors (Lipinski definition) is 2. The summed E-state index contributed by atoms with van der Waals surface area (Å²) in [6.45, 7) is 10.9. The minimum Gasteiger partial charge on any atom is -0.313 e. The topological polar surface area (TPSA) is 15.3 Å². The summed E-state index contributed by atoms with van der Waals surface area (Å²) in [7, 11) is 0. The summed E-state index contributed by atoms with van der Waals surface area (Å²) in [5.74, 6) is 0. The SMILES string of the molecule is CCNC1CCCC1N1CCCC(C)(C)CC1. The van der Waals surface area contributed by atoms with Crippen molar-refractivity contribution in [3.8, 4) is 0 Å². The fraction of sp³-hybridized carbons (Fsp3) is 1.00. The fourth-order valence-electron chi connectivity index (χ4n) is 3.65. The van der Waals surface area contributed by atoms with Crippen LogP contribution in [0.5, 0.6) is 0 Å². The molecule has 0 radical (unpaired) electrons. The maximum absolute atomic E-state index is 3.69. The fourth-order valence-corrected chi connectivity index (χ4v) is 3.65. The number of likely N-dealkylation sites (N-methyl/N-ethyl adjacent to an activating group) is 1. The molecule has 17 heavy (non-hydrogen) atoms. The summed E-state index contributed by atoms with van der Waals surface area (Å²) in [6, 6.07) is 1.59. The van der Waals surface area contributed by atoms with E-state index in [0.29, 0.717) is 5.41 Å². The molecule has 0 aromatic rings. The third-order valence-electron chi connectivity index (χ3n) is 4.79. The normalized spacial score (nSPS) is 34.8. The Balaban J connectivity index is 1.92. The summed E-state index contributed by atoms with van der Waals surface area (Å²) in [5, 5.41) is 3.69. The Morgan fingerprint density at radius 3 is 2.71 bits per heavy atom. The quantitative estimate of drug-likeness (QED) is 0.813. The average Bonchev–Trinajstić information content (AvgIpc) is 2.64. The molecule has 2 fully saturated rings. The number of nitrogens with one attached hydrogen (secondary N) is 1. The Morgan fingerprint density at radius 2 is 1.94 bits per heavy atom. The highest BCUT2D eigenvalue weighted by Crippen LogP contribution is 2.33. The standard InChI is InChI=1S/C15H30N2/c1-4-16-13-7-5-8-14(13)17-11-6-9-15(2,3)10-12-17/h13-14,16H,4-12H2,1-3H3. The number of hydrogen-bond donors (Lipinski definition) is 1. The lowest BCUT2D eigenvalue weighted by Crippen LogP contribution is -2.47. The molecule has 1 N–H and O–H groups in total. The van der Waals surface area contributed by atoms with Crippen molar-refractivity contribution in [2.75, 3.05) is 19.6 Å².